The Kier molecular flexibility index (Phi) is 12.8. The lowest BCUT2D eigenvalue weighted by atomic mass is 9.71. The Hall–Kier alpha value is -2.29. The Morgan fingerprint density at radius 2 is 1.85 bits per heavy atom. The summed E-state index contributed by atoms with van der Waals surface area (Å²) in [5.41, 5.74) is 4.21. The molecule has 2 aromatic rings. The predicted molar refractivity (Wildman–Crippen MR) is 171 cm³/mol. The highest BCUT2D eigenvalue weighted by Gasteiger charge is 2.32. The van der Waals surface area contributed by atoms with Gasteiger partial charge in [-0.25, -0.2) is 4.99 Å². The molecule has 0 aliphatic heterocycles. The van der Waals surface area contributed by atoms with Gasteiger partial charge < -0.3 is 9.84 Å². The van der Waals surface area contributed by atoms with Crippen LogP contribution >= 0.6 is 11.8 Å². The number of phenolic OH excluding ortho intramolecular Hbond substituents is 1. The smallest absolute Gasteiger partial charge is 0.296 e. The van der Waals surface area contributed by atoms with E-state index in [0.717, 1.165) is 55.2 Å². The highest BCUT2D eigenvalue weighted by molar-refractivity contribution is 8.13. The topological polar surface area (TPSA) is 85.2 Å². The Morgan fingerprint density at radius 1 is 1.12 bits per heavy atom. The molecule has 0 unspecified atom stereocenters. The summed E-state index contributed by atoms with van der Waals surface area (Å²) in [6.07, 6.45) is 9.17. The first-order valence-corrected chi connectivity index (χ1v) is 17.2. The van der Waals surface area contributed by atoms with Crippen molar-refractivity contribution in [1.29, 1.82) is 0 Å². The lowest BCUT2D eigenvalue weighted by Gasteiger charge is -2.34. The summed E-state index contributed by atoms with van der Waals surface area (Å²) < 4.78 is 36.6. The van der Waals surface area contributed by atoms with Crippen LogP contribution in [0, 0.1) is 18.8 Å². The van der Waals surface area contributed by atoms with E-state index in [1.807, 2.05) is 13.0 Å². The molecule has 0 bridgehead atoms. The summed E-state index contributed by atoms with van der Waals surface area (Å²) in [5, 5.41) is 11.8. The van der Waals surface area contributed by atoms with Crippen LogP contribution in [0.2, 0.25) is 0 Å². The highest BCUT2D eigenvalue weighted by Crippen LogP contribution is 2.47. The minimum atomic E-state index is -3.79. The summed E-state index contributed by atoms with van der Waals surface area (Å²) >= 11 is 1.42. The molecule has 0 spiro atoms. The maximum absolute atomic E-state index is 12.5. The molecular formula is C33H47NO5S2. The Balaban J connectivity index is 1.74. The normalized spacial score (nSPS) is 18.0. The summed E-state index contributed by atoms with van der Waals surface area (Å²) in [4.78, 5) is 4.54. The number of ether oxygens (including phenoxy) is 1. The fourth-order valence-electron chi connectivity index (χ4n) is 5.34. The molecular weight excluding hydrogens is 554 g/mol. The second kappa shape index (κ2) is 15.8. The summed E-state index contributed by atoms with van der Waals surface area (Å²) in [6, 6.07) is 10.6. The van der Waals surface area contributed by atoms with E-state index >= 15 is 0 Å². The number of hydrogen-bond acceptors (Lipinski definition) is 7. The number of hydrogen-bond donors (Lipinski definition) is 1. The van der Waals surface area contributed by atoms with Crippen molar-refractivity contribution in [3.05, 3.63) is 64.7 Å². The number of benzene rings is 2. The van der Waals surface area contributed by atoms with Gasteiger partial charge >= 0.3 is 0 Å². The van der Waals surface area contributed by atoms with Gasteiger partial charge in [0.25, 0.3) is 15.3 Å². The molecule has 0 aromatic heterocycles. The molecule has 0 saturated carbocycles. The fraction of sp³-hybridized carbons (Fsp3) is 0.545. The molecule has 1 aliphatic rings. The van der Waals surface area contributed by atoms with Crippen LogP contribution in [0.25, 0.3) is 0 Å². The van der Waals surface area contributed by atoms with Crippen molar-refractivity contribution >= 4 is 27.1 Å². The minimum Gasteiger partial charge on any atom is -0.507 e. The standard InChI is InChI=1S/C33H47NO5S2/c1-7-8-9-11-26-21-30(35)32(29-20-25(5)14-17-28(29)23(2)3)31(22-26)39-33(34-6)40-19-10-18-38-41(36,37)27-15-12-24(4)13-16-27/h12-13,15-16,20-23,28-29,35H,7-11,14,17-19H2,1-6H3/t28-,29+/m0/s1. The number of unbranched alkanes of at least 4 members (excludes halogenated alkanes) is 2. The predicted octanol–water partition coefficient (Wildman–Crippen LogP) is 8.42. The number of aromatic hydroxyl groups is 1. The highest BCUT2D eigenvalue weighted by atomic mass is 32.2. The second-order valence-electron chi connectivity index (χ2n) is 11.4. The molecule has 2 aromatic carbocycles. The van der Waals surface area contributed by atoms with E-state index in [1.165, 1.54) is 17.3 Å². The van der Waals surface area contributed by atoms with E-state index < -0.39 is 10.1 Å². The second-order valence-corrected chi connectivity index (χ2v) is 14.0. The van der Waals surface area contributed by atoms with Crippen molar-refractivity contribution in [2.45, 2.75) is 90.4 Å². The molecule has 2 atom stereocenters. The van der Waals surface area contributed by atoms with Crippen LogP contribution in [0.4, 0.5) is 0 Å². The number of rotatable bonds is 13. The van der Waals surface area contributed by atoms with Gasteiger partial charge in [-0.3, -0.25) is 4.18 Å². The Labute approximate surface area is 251 Å². The number of phenols is 1. The maximum Gasteiger partial charge on any atom is 0.296 e. The molecule has 8 heteroatoms. The maximum atomic E-state index is 12.5. The van der Waals surface area contributed by atoms with Crippen molar-refractivity contribution in [1.82, 2.24) is 0 Å². The minimum absolute atomic E-state index is 0.0620. The van der Waals surface area contributed by atoms with Crippen LogP contribution in [0.15, 0.2) is 57.9 Å². The Morgan fingerprint density at radius 3 is 2.51 bits per heavy atom. The van der Waals surface area contributed by atoms with Crippen LogP contribution in [0.1, 0.15) is 88.8 Å². The fourth-order valence-corrected chi connectivity index (χ4v) is 6.99. The zero-order valence-electron chi connectivity index (χ0n) is 25.5. The van der Waals surface area contributed by atoms with Crippen LogP contribution in [0.3, 0.4) is 0 Å². The van der Waals surface area contributed by atoms with Gasteiger partial charge in [0.1, 0.15) is 11.5 Å². The molecule has 0 heterocycles. The number of thioether (sulfide) groups is 1. The molecule has 6 nitrogen and oxygen atoms in total. The number of nitrogens with zero attached hydrogens (tertiary/aromatic N) is 1. The third kappa shape index (κ3) is 9.62. The molecule has 41 heavy (non-hydrogen) atoms. The molecule has 0 saturated heterocycles. The molecule has 0 radical (unpaired) electrons. The van der Waals surface area contributed by atoms with E-state index in [1.54, 1.807) is 31.3 Å². The molecule has 0 fully saturated rings. The first-order valence-electron chi connectivity index (χ1n) is 14.8. The van der Waals surface area contributed by atoms with Gasteiger partial charge in [-0.2, -0.15) is 8.42 Å². The van der Waals surface area contributed by atoms with Crippen molar-refractivity contribution < 1.29 is 22.4 Å². The average molecular weight is 602 g/mol. The molecule has 1 N–H and O–H groups in total. The molecule has 3 rings (SSSR count). The van der Waals surface area contributed by atoms with Gasteiger partial charge in [-0.15, -0.1) is 0 Å². The van der Waals surface area contributed by atoms with Crippen LogP contribution in [-0.4, -0.2) is 38.2 Å². The average Bonchev–Trinajstić information content (AvgIpc) is 2.92. The summed E-state index contributed by atoms with van der Waals surface area (Å²) in [5.74, 6) is 2.44. The largest absolute Gasteiger partial charge is 0.507 e. The lowest BCUT2D eigenvalue weighted by molar-refractivity contribution is 0.306. The lowest BCUT2D eigenvalue weighted by Crippen LogP contribution is -2.22. The van der Waals surface area contributed by atoms with Crippen molar-refractivity contribution in [2.75, 3.05) is 19.4 Å². The number of aryl methyl sites for hydroxylation is 2. The van der Waals surface area contributed by atoms with Crippen molar-refractivity contribution in [2.24, 2.45) is 16.8 Å². The van der Waals surface area contributed by atoms with Gasteiger partial charge in [-0.05, 0) is 87.6 Å². The molecule has 0 amide bonds. The van der Waals surface area contributed by atoms with E-state index in [-0.39, 0.29) is 23.2 Å². The van der Waals surface area contributed by atoms with Gasteiger partial charge in [-0.1, -0.05) is 74.7 Å². The molecule has 1 aliphatic carbocycles. The SMILES string of the molecule is CCCCCc1cc(O)c([C@@H]2C=C(C)CC[C@H]2C(C)C)c(OC(=NC)SCCCOS(=O)(=O)c2ccc(C)cc2)c1. The van der Waals surface area contributed by atoms with E-state index in [4.69, 9.17) is 8.92 Å². The van der Waals surface area contributed by atoms with E-state index in [0.29, 0.717) is 35.0 Å². The van der Waals surface area contributed by atoms with Gasteiger partial charge in [0.05, 0.1) is 11.5 Å². The van der Waals surface area contributed by atoms with Crippen LogP contribution in [-0.2, 0) is 20.7 Å². The third-order valence-corrected chi connectivity index (χ3v) is 10.0. The van der Waals surface area contributed by atoms with Crippen molar-refractivity contribution in [3.63, 3.8) is 0 Å². The van der Waals surface area contributed by atoms with Gasteiger partial charge in [0.15, 0.2) is 0 Å². The van der Waals surface area contributed by atoms with Gasteiger partial charge in [0.2, 0.25) is 0 Å². The van der Waals surface area contributed by atoms with Crippen LogP contribution in [0.5, 0.6) is 11.5 Å². The molecule has 226 valence electrons. The first kappa shape index (κ1) is 33.2. The quantitative estimate of drug-likeness (QED) is 0.0816. The Bertz CT molecular complexity index is 1300. The van der Waals surface area contributed by atoms with Gasteiger partial charge in [0, 0.05) is 24.3 Å². The number of allylic oxidation sites excluding steroid dienone is 2. The zero-order valence-corrected chi connectivity index (χ0v) is 27.1. The monoisotopic (exact) mass is 601 g/mol. The summed E-state index contributed by atoms with van der Waals surface area (Å²) in [7, 11) is -2.10. The number of aliphatic imine (C=N–C) groups is 1. The summed E-state index contributed by atoms with van der Waals surface area (Å²) in [6.45, 7) is 10.8. The van der Waals surface area contributed by atoms with E-state index in [2.05, 4.69) is 44.8 Å². The van der Waals surface area contributed by atoms with Crippen LogP contribution < -0.4 is 4.74 Å². The van der Waals surface area contributed by atoms with Crippen molar-refractivity contribution in [3.8, 4) is 11.5 Å². The third-order valence-electron chi connectivity index (χ3n) is 7.68. The van der Waals surface area contributed by atoms with E-state index in [9.17, 15) is 13.5 Å². The zero-order chi connectivity index (χ0) is 30.0. The first-order chi connectivity index (χ1) is 19.6.